The molecule has 0 amide bonds. The van der Waals surface area contributed by atoms with Gasteiger partial charge in [0.15, 0.2) is 0 Å². The second-order valence-corrected chi connectivity index (χ2v) is 7.61. The third kappa shape index (κ3) is 2.45. The number of hydrogen-bond donors (Lipinski definition) is 0. The summed E-state index contributed by atoms with van der Waals surface area (Å²) >= 11 is 5.76. The third-order valence-electron chi connectivity index (χ3n) is 4.45. The molecule has 3 aromatic rings. The fourth-order valence-corrected chi connectivity index (χ4v) is 5.11. The highest BCUT2D eigenvalue weighted by Gasteiger charge is 2.17. The zero-order valence-electron chi connectivity index (χ0n) is 11.8. The number of aryl methyl sites for hydroxylation is 2. The van der Waals surface area contributed by atoms with Crippen molar-refractivity contribution in [1.29, 1.82) is 0 Å². The van der Waals surface area contributed by atoms with Crippen LogP contribution in [0.5, 0.6) is 0 Å². The van der Waals surface area contributed by atoms with Crippen molar-refractivity contribution >= 4 is 37.4 Å². The third-order valence-corrected chi connectivity index (χ3v) is 6.45. The normalized spacial score (nSPS) is 15.9. The van der Waals surface area contributed by atoms with Crippen molar-refractivity contribution in [2.45, 2.75) is 30.5 Å². The minimum Gasteiger partial charge on any atom is -0.143 e. The first-order chi connectivity index (χ1) is 10.3. The molecule has 0 saturated carbocycles. The summed E-state index contributed by atoms with van der Waals surface area (Å²) in [7, 11) is 0. The second kappa shape index (κ2) is 5.58. The summed E-state index contributed by atoms with van der Waals surface area (Å²) in [6, 6.07) is 15.7. The largest absolute Gasteiger partial charge is 0.143 e. The van der Waals surface area contributed by atoms with Crippen LogP contribution in [-0.4, -0.2) is 0 Å². The molecule has 1 atom stereocenters. The van der Waals surface area contributed by atoms with Crippen molar-refractivity contribution in [2.24, 2.45) is 0 Å². The maximum atomic E-state index is 3.93. The summed E-state index contributed by atoms with van der Waals surface area (Å²) in [6.07, 6.45) is 5.18. The van der Waals surface area contributed by atoms with Crippen molar-refractivity contribution in [3.63, 3.8) is 0 Å². The maximum absolute atomic E-state index is 3.93. The number of fused-ring (bicyclic) bond motifs is 2. The molecule has 0 spiro atoms. The Morgan fingerprint density at radius 3 is 2.67 bits per heavy atom. The maximum Gasteiger partial charge on any atom is 0.0658 e. The van der Waals surface area contributed by atoms with Gasteiger partial charge in [-0.15, -0.1) is 11.3 Å². The van der Waals surface area contributed by atoms with Crippen LogP contribution in [0, 0.1) is 0 Å². The average molecular weight is 357 g/mol. The topological polar surface area (TPSA) is 0 Å². The lowest BCUT2D eigenvalue weighted by Crippen LogP contribution is -2.04. The van der Waals surface area contributed by atoms with E-state index >= 15 is 0 Å². The van der Waals surface area contributed by atoms with Gasteiger partial charge in [0.1, 0.15) is 0 Å². The molecule has 2 heteroatoms. The summed E-state index contributed by atoms with van der Waals surface area (Å²) in [5.41, 5.74) is 5.90. The van der Waals surface area contributed by atoms with Crippen LogP contribution < -0.4 is 0 Å². The van der Waals surface area contributed by atoms with Gasteiger partial charge in [0, 0.05) is 4.70 Å². The van der Waals surface area contributed by atoms with Gasteiger partial charge in [-0.2, -0.15) is 0 Å². The van der Waals surface area contributed by atoms with Crippen molar-refractivity contribution in [2.75, 3.05) is 0 Å². The predicted octanol–water partition coefficient (Wildman–Crippen LogP) is 6.26. The Labute approximate surface area is 137 Å². The van der Waals surface area contributed by atoms with Crippen molar-refractivity contribution in [3.8, 4) is 0 Å². The van der Waals surface area contributed by atoms with E-state index in [1.807, 2.05) is 11.3 Å². The molecule has 1 aromatic heterocycles. The van der Waals surface area contributed by atoms with E-state index in [1.54, 1.807) is 11.1 Å². The molecule has 0 N–H and O–H groups in total. The molecule has 0 fully saturated rings. The Balaban J connectivity index is 1.75. The quantitative estimate of drug-likeness (QED) is 0.475. The van der Waals surface area contributed by atoms with Gasteiger partial charge >= 0.3 is 0 Å². The van der Waals surface area contributed by atoms with E-state index in [0.29, 0.717) is 4.83 Å². The van der Waals surface area contributed by atoms with Crippen LogP contribution >= 0.6 is 27.3 Å². The number of rotatable bonds is 2. The first-order valence-electron chi connectivity index (χ1n) is 7.55. The molecule has 4 rings (SSSR count). The van der Waals surface area contributed by atoms with Crippen LogP contribution in [0.15, 0.2) is 47.8 Å². The van der Waals surface area contributed by atoms with Gasteiger partial charge in [0.25, 0.3) is 0 Å². The van der Waals surface area contributed by atoms with E-state index < -0.39 is 0 Å². The molecule has 1 heterocycles. The van der Waals surface area contributed by atoms with Crippen LogP contribution in [0.25, 0.3) is 10.1 Å². The Bertz CT molecular complexity index is 787. The molecule has 0 nitrogen and oxygen atoms in total. The average Bonchev–Trinajstić information content (AvgIpc) is 2.98. The van der Waals surface area contributed by atoms with Crippen molar-refractivity contribution in [1.82, 2.24) is 0 Å². The number of hydrogen-bond acceptors (Lipinski definition) is 1. The highest BCUT2D eigenvalue weighted by atomic mass is 79.9. The standard InChI is InChI=1S/C19H17BrS/c20-19(17-12-21-18-8-4-3-7-16(17)18)15-10-9-13-5-1-2-6-14(13)11-15/h3-4,7-12,19H,1-2,5-6H2. The molecule has 1 aliphatic rings. The van der Waals surface area contributed by atoms with Gasteiger partial charge < -0.3 is 0 Å². The van der Waals surface area contributed by atoms with Gasteiger partial charge in [-0.25, -0.2) is 0 Å². The Hall–Kier alpha value is -1.12. The van der Waals surface area contributed by atoms with E-state index in [2.05, 4.69) is 63.8 Å². The minimum atomic E-state index is 0.292. The molecule has 1 unspecified atom stereocenters. The van der Waals surface area contributed by atoms with E-state index in [9.17, 15) is 0 Å². The Morgan fingerprint density at radius 2 is 1.76 bits per heavy atom. The van der Waals surface area contributed by atoms with E-state index in [1.165, 1.54) is 46.9 Å². The highest BCUT2D eigenvalue weighted by Crippen LogP contribution is 2.39. The minimum absolute atomic E-state index is 0.292. The van der Waals surface area contributed by atoms with Gasteiger partial charge in [-0.05, 0) is 64.8 Å². The van der Waals surface area contributed by atoms with Crippen LogP contribution in [-0.2, 0) is 12.8 Å². The lowest BCUT2D eigenvalue weighted by atomic mass is 9.89. The summed E-state index contributed by atoms with van der Waals surface area (Å²) in [5.74, 6) is 0. The Kier molecular flexibility index (Phi) is 3.60. The molecule has 106 valence electrons. The van der Waals surface area contributed by atoms with E-state index in [0.717, 1.165) is 0 Å². The van der Waals surface area contributed by atoms with Crippen LogP contribution in [0.1, 0.15) is 39.9 Å². The molecule has 2 aromatic carbocycles. The molecule has 21 heavy (non-hydrogen) atoms. The van der Waals surface area contributed by atoms with Crippen LogP contribution in [0.4, 0.5) is 0 Å². The molecular weight excluding hydrogens is 340 g/mol. The number of thiophene rings is 1. The van der Waals surface area contributed by atoms with Crippen LogP contribution in [0.3, 0.4) is 0 Å². The van der Waals surface area contributed by atoms with E-state index in [4.69, 9.17) is 0 Å². The summed E-state index contributed by atoms with van der Waals surface area (Å²) in [4.78, 5) is 0.292. The van der Waals surface area contributed by atoms with Crippen molar-refractivity contribution in [3.05, 3.63) is 70.1 Å². The van der Waals surface area contributed by atoms with Gasteiger partial charge in [-0.1, -0.05) is 52.3 Å². The fraction of sp³-hybridized carbons (Fsp3) is 0.263. The number of alkyl halides is 1. The van der Waals surface area contributed by atoms with Gasteiger partial charge in [0.2, 0.25) is 0 Å². The van der Waals surface area contributed by atoms with Gasteiger partial charge in [0.05, 0.1) is 4.83 Å². The second-order valence-electron chi connectivity index (χ2n) is 5.79. The molecular formula is C19H17BrS. The zero-order valence-corrected chi connectivity index (χ0v) is 14.2. The lowest BCUT2D eigenvalue weighted by molar-refractivity contribution is 0.684. The van der Waals surface area contributed by atoms with E-state index in [-0.39, 0.29) is 0 Å². The number of halogens is 1. The monoisotopic (exact) mass is 356 g/mol. The highest BCUT2D eigenvalue weighted by molar-refractivity contribution is 9.09. The first-order valence-corrected chi connectivity index (χ1v) is 9.34. The van der Waals surface area contributed by atoms with Crippen LogP contribution in [0.2, 0.25) is 0 Å². The predicted molar refractivity (Wildman–Crippen MR) is 95.7 cm³/mol. The lowest BCUT2D eigenvalue weighted by Gasteiger charge is -2.18. The summed E-state index contributed by atoms with van der Waals surface area (Å²) in [5, 5.41) is 3.67. The number of benzene rings is 2. The molecule has 0 aliphatic heterocycles. The zero-order chi connectivity index (χ0) is 14.2. The molecule has 1 aliphatic carbocycles. The molecule has 0 saturated heterocycles. The molecule has 0 bridgehead atoms. The molecule has 0 radical (unpaired) electrons. The summed E-state index contributed by atoms with van der Waals surface area (Å²) in [6.45, 7) is 0. The first kappa shape index (κ1) is 13.5. The fourth-order valence-electron chi connectivity index (χ4n) is 3.29. The SMILES string of the molecule is BrC(c1ccc2c(c1)CCCC2)c1csc2ccccc12. The Morgan fingerprint density at radius 1 is 0.952 bits per heavy atom. The summed E-state index contributed by atoms with van der Waals surface area (Å²) < 4.78 is 1.37. The van der Waals surface area contributed by atoms with Crippen molar-refractivity contribution < 1.29 is 0 Å². The smallest absolute Gasteiger partial charge is 0.0658 e. The van der Waals surface area contributed by atoms with Gasteiger partial charge in [-0.3, -0.25) is 0 Å².